The van der Waals surface area contributed by atoms with Crippen molar-refractivity contribution in [2.75, 3.05) is 18.0 Å². The number of benzene rings is 1. The Balaban J connectivity index is 2.23. The monoisotopic (exact) mass is 280 g/mol. The van der Waals surface area contributed by atoms with Crippen LogP contribution in [0.4, 0.5) is 5.69 Å². The van der Waals surface area contributed by atoms with Gasteiger partial charge in [-0.1, -0.05) is 24.6 Å². The lowest BCUT2D eigenvalue weighted by Gasteiger charge is -2.31. The molecule has 3 heteroatoms. The zero-order valence-corrected chi connectivity index (χ0v) is 13.0. The summed E-state index contributed by atoms with van der Waals surface area (Å²) in [6.45, 7) is 9.74. The van der Waals surface area contributed by atoms with Crippen LogP contribution in [0.5, 0.6) is 0 Å². The topological polar surface area (TPSA) is 15.3 Å². The van der Waals surface area contributed by atoms with Crippen molar-refractivity contribution >= 4 is 17.3 Å². The van der Waals surface area contributed by atoms with E-state index in [0.717, 1.165) is 30.6 Å². The van der Waals surface area contributed by atoms with E-state index >= 15 is 0 Å². The first-order valence-corrected chi connectivity index (χ1v) is 7.75. The van der Waals surface area contributed by atoms with Crippen molar-refractivity contribution < 1.29 is 0 Å². The van der Waals surface area contributed by atoms with E-state index in [1.807, 2.05) is 6.07 Å². The molecule has 1 fully saturated rings. The van der Waals surface area contributed by atoms with Crippen LogP contribution in [0.2, 0.25) is 5.02 Å². The number of hydrogen-bond donors (Lipinski definition) is 1. The van der Waals surface area contributed by atoms with E-state index in [1.54, 1.807) is 0 Å². The lowest BCUT2D eigenvalue weighted by atomic mass is 10.1. The van der Waals surface area contributed by atoms with Crippen molar-refractivity contribution in [1.29, 1.82) is 0 Å². The summed E-state index contributed by atoms with van der Waals surface area (Å²) in [5.74, 6) is 0.883. The molecule has 19 heavy (non-hydrogen) atoms. The fourth-order valence-corrected chi connectivity index (χ4v) is 2.55. The molecule has 0 bridgehead atoms. The zero-order valence-electron chi connectivity index (χ0n) is 12.2. The van der Waals surface area contributed by atoms with E-state index in [1.165, 1.54) is 24.1 Å². The molecule has 1 saturated carbocycles. The predicted octanol–water partition coefficient (Wildman–Crippen LogP) is 4.07. The van der Waals surface area contributed by atoms with Crippen molar-refractivity contribution in [2.24, 2.45) is 5.92 Å². The molecule has 0 radical (unpaired) electrons. The van der Waals surface area contributed by atoms with Crippen molar-refractivity contribution in [3.8, 4) is 0 Å². The Bertz CT molecular complexity index is 413. The summed E-state index contributed by atoms with van der Waals surface area (Å²) in [5.41, 5.74) is 2.65. The van der Waals surface area contributed by atoms with E-state index in [2.05, 4.69) is 43.1 Å². The fourth-order valence-electron chi connectivity index (χ4n) is 2.38. The summed E-state index contributed by atoms with van der Waals surface area (Å²) in [7, 11) is 0. The average molecular weight is 281 g/mol. The lowest BCUT2D eigenvalue weighted by Crippen LogP contribution is -2.34. The van der Waals surface area contributed by atoms with Crippen LogP contribution in [-0.4, -0.2) is 19.1 Å². The van der Waals surface area contributed by atoms with Crippen molar-refractivity contribution in [2.45, 2.75) is 46.2 Å². The molecular weight excluding hydrogens is 256 g/mol. The first-order chi connectivity index (χ1) is 9.11. The molecule has 1 N–H and O–H groups in total. The molecular formula is C16H25ClN2. The standard InChI is InChI=1S/C16H25ClN2/c1-4-18-10-14-7-8-15(17)9-16(14)19(12(2)3)11-13-5-6-13/h7-9,12-13,18H,4-6,10-11H2,1-3H3. The maximum Gasteiger partial charge on any atom is 0.0429 e. The Labute approximate surface area is 122 Å². The molecule has 0 aliphatic heterocycles. The van der Waals surface area contributed by atoms with Gasteiger partial charge in [-0.15, -0.1) is 0 Å². The van der Waals surface area contributed by atoms with Gasteiger partial charge in [-0.3, -0.25) is 0 Å². The second-order valence-corrected chi connectivity index (χ2v) is 6.18. The molecule has 0 saturated heterocycles. The third-order valence-corrected chi connectivity index (χ3v) is 3.93. The summed E-state index contributed by atoms with van der Waals surface area (Å²) in [6.07, 6.45) is 2.76. The molecule has 1 aromatic carbocycles. The Morgan fingerprint density at radius 2 is 2.11 bits per heavy atom. The van der Waals surface area contributed by atoms with Gasteiger partial charge < -0.3 is 10.2 Å². The highest BCUT2D eigenvalue weighted by Crippen LogP contribution is 2.34. The van der Waals surface area contributed by atoms with Crippen LogP contribution < -0.4 is 10.2 Å². The van der Waals surface area contributed by atoms with Gasteiger partial charge in [-0.25, -0.2) is 0 Å². The van der Waals surface area contributed by atoms with E-state index in [-0.39, 0.29) is 0 Å². The van der Waals surface area contributed by atoms with Crippen molar-refractivity contribution in [1.82, 2.24) is 5.32 Å². The third kappa shape index (κ3) is 4.12. The molecule has 0 atom stereocenters. The summed E-state index contributed by atoms with van der Waals surface area (Å²) in [5, 5.41) is 4.25. The van der Waals surface area contributed by atoms with Crippen LogP contribution in [0.1, 0.15) is 39.2 Å². The number of hydrogen-bond acceptors (Lipinski definition) is 2. The first-order valence-electron chi connectivity index (χ1n) is 7.37. The molecule has 1 aromatic rings. The predicted molar refractivity (Wildman–Crippen MR) is 84.0 cm³/mol. The molecule has 0 unspecified atom stereocenters. The summed E-state index contributed by atoms with van der Waals surface area (Å²) in [6, 6.07) is 6.78. The Hall–Kier alpha value is -0.730. The van der Waals surface area contributed by atoms with Crippen LogP contribution in [0.25, 0.3) is 0 Å². The van der Waals surface area contributed by atoms with Gasteiger partial charge in [-0.05, 0) is 56.8 Å². The third-order valence-electron chi connectivity index (χ3n) is 3.70. The van der Waals surface area contributed by atoms with Crippen molar-refractivity contribution in [3.05, 3.63) is 28.8 Å². The fraction of sp³-hybridized carbons (Fsp3) is 0.625. The van der Waals surface area contributed by atoms with Crippen LogP contribution in [-0.2, 0) is 6.54 Å². The lowest BCUT2D eigenvalue weighted by molar-refractivity contribution is 0.636. The van der Waals surface area contributed by atoms with E-state index in [0.29, 0.717) is 6.04 Å². The minimum absolute atomic E-state index is 0.513. The largest absolute Gasteiger partial charge is 0.369 e. The van der Waals surface area contributed by atoms with Crippen LogP contribution in [0.3, 0.4) is 0 Å². The van der Waals surface area contributed by atoms with Gasteiger partial charge in [0.15, 0.2) is 0 Å². The van der Waals surface area contributed by atoms with E-state index in [4.69, 9.17) is 11.6 Å². The molecule has 2 rings (SSSR count). The van der Waals surface area contributed by atoms with Gasteiger partial charge in [0.1, 0.15) is 0 Å². The minimum atomic E-state index is 0.513. The molecule has 0 heterocycles. The molecule has 106 valence electrons. The number of anilines is 1. The first kappa shape index (κ1) is 14.7. The number of nitrogens with one attached hydrogen (secondary N) is 1. The number of nitrogens with zero attached hydrogens (tertiary/aromatic N) is 1. The van der Waals surface area contributed by atoms with Gasteiger partial charge >= 0.3 is 0 Å². The van der Waals surface area contributed by atoms with E-state index in [9.17, 15) is 0 Å². The summed E-state index contributed by atoms with van der Waals surface area (Å²) >= 11 is 6.20. The number of rotatable bonds is 7. The molecule has 0 spiro atoms. The second kappa shape index (κ2) is 6.62. The summed E-state index contributed by atoms with van der Waals surface area (Å²) in [4.78, 5) is 2.51. The smallest absolute Gasteiger partial charge is 0.0429 e. The van der Waals surface area contributed by atoms with Crippen LogP contribution in [0.15, 0.2) is 18.2 Å². The van der Waals surface area contributed by atoms with Crippen LogP contribution >= 0.6 is 11.6 Å². The van der Waals surface area contributed by atoms with Crippen molar-refractivity contribution in [3.63, 3.8) is 0 Å². The maximum absolute atomic E-state index is 6.20. The van der Waals surface area contributed by atoms with Gasteiger partial charge in [0, 0.05) is 29.8 Å². The maximum atomic E-state index is 6.20. The molecule has 0 aromatic heterocycles. The molecule has 1 aliphatic carbocycles. The van der Waals surface area contributed by atoms with Gasteiger partial charge in [0.25, 0.3) is 0 Å². The SMILES string of the molecule is CCNCc1ccc(Cl)cc1N(CC1CC1)C(C)C. The zero-order chi connectivity index (χ0) is 13.8. The Kier molecular flexibility index (Phi) is 5.12. The quantitative estimate of drug-likeness (QED) is 0.810. The second-order valence-electron chi connectivity index (χ2n) is 5.74. The number of halogens is 1. The highest BCUT2D eigenvalue weighted by atomic mass is 35.5. The highest BCUT2D eigenvalue weighted by molar-refractivity contribution is 6.30. The normalized spacial score (nSPS) is 15.0. The highest BCUT2D eigenvalue weighted by Gasteiger charge is 2.26. The van der Waals surface area contributed by atoms with Gasteiger partial charge in [-0.2, -0.15) is 0 Å². The molecule has 1 aliphatic rings. The summed E-state index contributed by atoms with van der Waals surface area (Å²) < 4.78 is 0. The van der Waals surface area contributed by atoms with Gasteiger partial charge in [0.2, 0.25) is 0 Å². The average Bonchev–Trinajstić information content (AvgIpc) is 3.18. The Morgan fingerprint density at radius 3 is 2.68 bits per heavy atom. The minimum Gasteiger partial charge on any atom is -0.369 e. The van der Waals surface area contributed by atoms with Crippen LogP contribution in [0, 0.1) is 5.92 Å². The molecule has 2 nitrogen and oxygen atoms in total. The molecule has 0 amide bonds. The Morgan fingerprint density at radius 1 is 1.37 bits per heavy atom. The van der Waals surface area contributed by atoms with Gasteiger partial charge in [0.05, 0.1) is 0 Å². The van der Waals surface area contributed by atoms with E-state index < -0.39 is 0 Å².